The van der Waals surface area contributed by atoms with E-state index in [1.807, 2.05) is 0 Å². The van der Waals surface area contributed by atoms with Gasteiger partial charge < -0.3 is 4.74 Å². The van der Waals surface area contributed by atoms with Crippen LogP contribution in [0.2, 0.25) is 5.02 Å². The summed E-state index contributed by atoms with van der Waals surface area (Å²) in [6.45, 7) is 0. The third-order valence-corrected chi connectivity index (χ3v) is 2.53. The minimum absolute atomic E-state index is 0.0603. The van der Waals surface area contributed by atoms with E-state index >= 15 is 0 Å². The molecule has 18 heavy (non-hydrogen) atoms. The molecule has 2 aromatic rings. The van der Waals surface area contributed by atoms with Gasteiger partial charge in [-0.15, -0.1) is 0 Å². The van der Waals surface area contributed by atoms with Gasteiger partial charge in [0.15, 0.2) is 23.7 Å². The van der Waals surface area contributed by atoms with Crippen molar-refractivity contribution >= 4 is 17.9 Å². The molecule has 0 atom stereocenters. The fourth-order valence-corrected chi connectivity index (χ4v) is 1.60. The highest BCUT2D eigenvalue weighted by molar-refractivity contribution is 6.32. The minimum Gasteiger partial charge on any atom is -0.455 e. The largest absolute Gasteiger partial charge is 0.455 e. The fraction of sp³-hybridized carbons (Fsp3) is 0. The van der Waals surface area contributed by atoms with Gasteiger partial charge in [-0.05, 0) is 24.3 Å². The van der Waals surface area contributed by atoms with Crippen LogP contribution in [0.15, 0.2) is 36.4 Å². The lowest BCUT2D eigenvalue weighted by molar-refractivity contribution is 0.112. The molecular weight excluding hydrogens is 262 g/mol. The van der Waals surface area contributed by atoms with Crippen LogP contribution in [0.25, 0.3) is 0 Å². The molecule has 0 aliphatic rings. The Labute approximate surface area is 107 Å². The summed E-state index contributed by atoms with van der Waals surface area (Å²) in [7, 11) is 0. The Bertz CT molecular complexity index is 600. The molecule has 0 spiro atoms. The van der Waals surface area contributed by atoms with Gasteiger partial charge in [0.1, 0.15) is 5.75 Å². The van der Waals surface area contributed by atoms with Crippen molar-refractivity contribution in [3.05, 3.63) is 58.6 Å². The Kier molecular flexibility index (Phi) is 3.58. The molecule has 0 amide bonds. The number of hydrogen-bond acceptors (Lipinski definition) is 2. The third-order valence-electron chi connectivity index (χ3n) is 2.24. The number of hydrogen-bond donors (Lipinski definition) is 0. The molecular formula is C13H7ClF2O2. The van der Waals surface area contributed by atoms with E-state index < -0.39 is 11.6 Å². The average Bonchev–Trinajstić information content (AvgIpc) is 2.36. The second-order valence-corrected chi connectivity index (χ2v) is 3.86. The van der Waals surface area contributed by atoms with Crippen molar-refractivity contribution in [3.63, 3.8) is 0 Å². The smallest absolute Gasteiger partial charge is 0.162 e. The molecule has 0 N–H and O–H groups in total. The Morgan fingerprint density at radius 2 is 1.89 bits per heavy atom. The van der Waals surface area contributed by atoms with Crippen LogP contribution in [0.1, 0.15) is 10.4 Å². The highest BCUT2D eigenvalue weighted by Crippen LogP contribution is 2.32. The van der Waals surface area contributed by atoms with Gasteiger partial charge in [-0.25, -0.2) is 8.78 Å². The van der Waals surface area contributed by atoms with Gasteiger partial charge >= 0.3 is 0 Å². The molecule has 0 aliphatic heterocycles. The van der Waals surface area contributed by atoms with Crippen molar-refractivity contribution in [2.24, 2.45) is 0 Å². The molecule has 2 nitrogen and oxygen atoms in total. The zero-order valence-electron chi connectivity index (χ0n) is 8.99. The van der Waals surface area contributed by atoms with E-state index in [9.17, 15) is 13.6 Å². The van der Waals surface area contributed by atoms with Crippen LogP contribution in [0.5, 0.6) is 11.5 Å². The van der Waals surface area contributed by atoms with Crippen molar-refractivity contribution in [2.75, 3.05) is 0 Å². The lowest BCUT2D eigenvalue weighted by Crippen LogP contribution is -1.93. The van der Waals surface area contributed by atoms with E-state index in [0.29, 0.717) is 6.29 Å². The van der Waals surface area contributed by atoms with Gasteiger partial charge in [-0.2, -0.15) is 0 Å². The zero-order chi connectivity index (χ0) is 13.1. The molecule has 92 valence electrons. The molecule has 0 aliphatic carbocycles. The predicted molar refractivity (Wildman–Crippen MR) is 63.3 cm³/mol. The summed E-state index contributed by atoms with van der Waals surface area (Å²) in [5.74, 6) is -1.84. The second-order valence-electron chi connectivity index (χ2n) is 3.45. The van der Waals surface area contributed by atoms with Crippen molar-refractivity contribution < 1.29 is 18.3 Å². The quantitative estimate of drug-likeness (QED) is 0.779. The standard InChI is InChI=1S/C13H7ClF2O2/c14-10-3-1-2-8(7-17)13(10)18-9-4-5-11(15)12(16)6-9/h1-7H. The van der Waals surface area contributed by atoms with Crippen LogP contribution in [0, 0.1) is 11.6 Å². The van der Waals surface area contributed by atoms with Crippen LogP contribution in [0.3, 0.4) is 0 Å². The Hall–Kier alpha value is -1.94. The molecule has 0 bridgehead atoms. The monoisotopic (exact) mass is 268 g/mol. The van der Waals surface area contributed by atoms with Crippen molar-refractivity contribution in [3.8, 4) is 11.5 Å². The Balaban J connectivity index is 2.39. The van der Waals surface area contributed by atoms with E-state index in [1.54, 1.807) is 6.07 Å². The maximum atomic E-state index is 13.0. The molecule has 0 saturated carbocycles. The molecule has 2 aromatic carbocycles. The summed E-state index contributed by atoms with van der Waals surface area (Å²) in [6, 6.07) is 7.69. The van der Waals surface area contributed by atoms with Crippen LogP contribution in [0.4, 0.5) is 8.78 Å². The van der Waals surface area contributed by atoms with Gasteiger partial charge in [0.05, 0.1) is 10.6 Å². The number of rotatable bonds is 3. The first-order valence-corrected chi connectivity index (χ1v) is 5.36. The fourth-order valence-electron chi connectivity index (χ4n) is 1.38. The van der Waals surface area contributed by atoms with Crippen LogP contribution >= 0.6 is 11.6 Å². The van der Waals surface area contributed by atoms with E-state index in [-0.39, 0.29) is 22.1 Å². The highest BCUT2D eigenvalue weighted by atomic mass is 35.5. The third kappa shape index (κ3) is 2.49. The molecule has 5 heteroatoms. The van der Waals surface area contributed by atoms with E-state index in [0.717, 1.165) is 12.1 Å². The first-order chi connectivity index (χ1) is 8.61. The first-order valence-electron chi connectivity index (χ1n) is 4.98. The summed E-state index contributed by atoms with van der Waals surface area (Å²) in [6.07, 6.45) is 0.571. The maximum absolute atomic E-state index is 13.0. The number of para-hydroxylation sites is 1. The van der Waals surface area contributed by atoms with Gasteiger partial charge in [0.2, 0.25) is 0 Å². The zero-order valence-corrected chi connectivity index (χ0v) is 9.75. The van der Waals surface area contributed by atoms with Crippen LogP contribution < -0.4 is 4.74 Å². The molecule has 0 fully saturated rings. The summed E-state index contributed by atoms with van der Waals surface area (Å²) in [5, 5.41) is 0.212. The molecule has 0 unspecified atom stereocenters. The van der Waals surface area contributed by atoms with Gasteiger partial charge in [0, 0.05) is 6.07 Å². The SMILES string of the molecule is O=Cc1cccc(Cl)c1Oc1ccc(F)c(F)c1. The van der Waals surface area contributed by atoms with E-state index in [1.165, 1.54) is 18.2 Å². The maximum Gasteiger partial charge on any atom is 0.162 e. The number of benzene rings is 2. The second kappa shape index (κ2) is 5.14. The number of ether oxygens (including phenoxy) is 1. The summed E-state index contributed by atoms with van der Waals surface area (Å²) >= 11 is 5.88. The topological polar surface area (TPSA) is 26.3 Å². The van der Waals surface area contributed by atoms with Gasteiger partial charge in [-0.1, -0.05) is 17.7 Å². The summed E-state index contributed by atoms with van der Waals surface area (Å²) in [5.41, 5.74) is 0.229. The lowest BCUT2D eigenvalue weighted by atomic mass is 10.2. The predicted octanol–water partition coefficient (Wildman–Crippen LogP) is 4.22. The first kappa shape index (κ1) is 12.5. The van der Waals surface area contributed by atoms with Crippen molar-refractivity contribution in [1.82, 2.24) is 0 Å². The van der Waals surface area contributed by atoms with Crippen molar-refractivity contribution in [2.45, 2.75) is 0 Å². The highest BCUT2D eigenvalue weighted by Gasteiger charge is 2.10. The van der Waals surface area contributed by atoms with Crippen molar-refractivity contribution in [1.29, 1.82) is 0 Å². The molecule has 0 saturated heterocycles. The van der Waals surface area contributed by atoms with E-state index in [2.05, 4.69) is 0 Å². The normalized spacial score (nSPS) is 10.2. The summed E-state index contributed by atoms with van der Waals surface area (Å²) in [4.78, 5) is 10.8. The van der Waals surface area contributed by atoms with Gasteiger partial charge in [-0.3, -0.25) is 4.79 Å². The number of carbonyl (C=O) groups is 1. The minimum atomic E-state index is -1.03. The number of carbonyl (C=O) groups excluding carboxylic acids is 1. The van der Waals surface area contributed by atoms with Crippen LogP contribution in [-0.2, 0) is 0 Å². The molecule has 0 aromatic heterocycles. The molecule has 0 radical (unpaired) electrons. The molecule has 2 rings (SSSR count). The average molecular weight is 269 g/mol. The molecule has 0 heterocycles. The number of halogens is 3. The van der Waals surface area contributed by atoms with Crippen LogP contribution in [-0.4, -0.2) is 6.29 Å². The Morgan fingerprint density at radius 1 is 1.11 bits per heavy atom. The lowest BCUT2D eigenvalue weighted by Gasteiger charge is -2.09. The summed E-state index contributed by atoms with van der Waals surface area (Å²) < 4.78 is 31.1. The Morgan fingerprint density at radius 3 is 2.56 bits per heavy atom. The van der Waals surface area contributed by atoms with E-state index in [4.69, 9.17) is 16.3 Å². The number of aldehydes is 1. The van der Waals surface area contributed by atoms with Gasteiger partial charge in [0.25, 0.3) is 0 Å².